The van der Waals surface area contributed by atoms with Gasteiger partial charge in [-0.3, -0.25) is 0 Å². The normalized spacial score (nSPS) is 17.5. The largest absolute Gasteiger partial charge is 0.488 e. The van der Waals surface area contributed by atoms with E-state index in [0.29, 0.717) is 19.5 Å². The van der Waals surface area contributed by atoms with E-state index >= 15 is 0 Å². The van der Waals surface area contributed by atoms with Crippen LogP contribution in [-0.4, -0.2) is 48.9 Å². The number of esters is 1. The number of nitrogens with zero attached hydrogens (tertiary/aromatic N) is 1. The van der Waals surface area contributed by atoms with Crippen molar-refractivity contribution in [1.82, 2.24) is 4.90 Å². The van der Waals surface area contributed by atoms with Crippen molar-refractivity contribution in [2.45, 2.75) is 38.9 Å². The third kappa shape index (κ3) is 4.84. The lowest BCUT2D eigenvalue weighted by Gasteiger charge is -2.24. The molecule has 6 nitrogen and oxygen atoms in total. The van der Waals surface area contributed by atoms with Crippen LogP contribution < -0.4 is 4.74 Å². The maximum absolute atomic E-state index is 13.6. The first-order valence-corrected chi connectivity index (χ1v) is 7.71. The SMILES string of the molecule is COC(=O)c1cc(F)cc(O[C@H]2CCN(C(=O)OC(C)(C)C)C2)c1. The van der Waals surface area contributed by atoms with E-state index in [9.17, 15) is 14.0 Å². The first kappa shape index (κ1) is 18.0. The minimum absolute atomic E-state index is 0.0782. The van der Waals surface area contributed by atoms with Gasteiger partial charge in [0, 0.05) is 19.0 Å². The zero-order chi connectivity index (χ0) is 17.9. The summed E-state index contributed by atoms with van der Waals surface area (Å²) in [6.07, 6.45) is -0.0866. The highest BCUT2D eigenvalue weighted by Gasteiger charge is 2.31. The van der Waals surface area contributed by atoms with E-state index in [2.05, 4.69) is 4.74 Å². The van der Waals surface area contributed by atoms with Gasteiger partial charge in [-0.2, -0.15) is 0 Å². The number of rotatable bonds is 3. The fourth-order valence-electron chi connectivity index (χ4n) is 2.38. The molecule has 1 aromatic carbocycles. The van der Waals surface area contributed by atoms with Crippen molar-refractivity contribution in [3.05, 3.63) is 29.6 Å². The highest BCUT2D eigenvalue weighted by molar-refractivity contribution is 5.89. The number of likely N-dealkylation sites (tertiary alicyclic amines) is 1. The van der Waals surface area contributed by atoms with E-state index < -0.39 is 23.5 Å². The number of methoxy groups -OCH3 is 1. The number of hydrogen-bond donors (Lipinski definition) is 0. The van der Waals surface area contributed by atoms with Gasteiger partial charge in [-0.25, -0.2) is 14.0 Å². The van der Waals surface area contributed by atoms with Crippen LogP contribution in [0.5, 0.6) is 5.75 Å². The molecular formula is C17H22FNO5. The summed E-state index contributed by atoms with van der Waals surface area (Å²) in [6, 6.07) is 3.70. The van der Waals surface area contributed by atoms with Crippen LogP contribution in [0.25, 0.3) is 0 Å². The number of ether oxygens (including phenoxy) is 3. The lowest BCUT2D eigenvalue weighted by molar-refractivity contribution is 0.0275. The van der Waals surface area contributed by atoms with Gasteiger partial charge in [0.25, 0.3) is 0 Å². The molecular weight excluding hydrogens is 317 g/mol. The Morgan fingerprint density at radius 1 is 1.25 bits per heavy atom. The Balaban J connectivity index is 1.99. The van der Waals surface area contributed by atoms with Crippen LogP contribution >= 0.6 is 0 Å². The second-order valence-electron chi connectivity index (χ2n) is 6.62. The highest BCUT2D eigenvalue weighted by Crippen LogP contribution is 2.23. The third-order valence-electron chi connectivity index (χ3n) is 3.39. The van der Waals surface area contributed by atoms with Crippen molar-refractivity contribution in [2.24, 2.45) is 0 Å². The smallest absolute Gasteiger partial charge is 0.410 e. The molecule has 1 amide bonds. The van der Waals surface area contributed by atoms with Crippen molar-refractivity contribution in [1.29, 1.82) is 0 Å². The summed E-state index contributed by atoms with van der Waals surface area (Å²) in [7, 11) is 1.23. The monoisotopic (exact) mass is 339 g/mol. The van der Waals surface area contributed by atoms with E-state index in [0.717, 1.165) is 6.07 Å². The summed E-state index contributed by atoms with van der Waals surface area (Å²) in [4.78, 5) is 25.1. The fraction of sp³-hybridized carbons (Fsp3) is 0.529. The first-order valence-electron chi connectivity index (χ1n) is 7.71. The number of carbonyl (C=O) groups is 2. The van der Waals surface area contributed by atoms with Crippen LogP contribution in [0.3, 0.4) is 0 Å². The van der Waals surface area contributed by atoms with E-state index in [1.165, 1.54) is 19.2 Å². The molecule has 0 aromatic heterocycles. The standard InChI is InChI=1S/C17H22FNO5/c1-17(2,3)24-16(21)19-6-5-13(10-19)23-14-8-11(15(20)22-4)7-12(18)9-14/h7-9,13H,5-6,10H2,1-4H3/t13-/m0/s1. The minimum Gasteiger partial charge on any atom is -0.488 e. The molecule has 1 atom stereocenters. The Labute approximate surface area is 140 Å². The molecule has 2 rings (SSSR count). The van der Waals surface area contributed by atoms with E-state index in [4.69, 9.17) is 9.47 Å². The maximum Gasteiger partial charge on any atom is 0.410 e. The Morgan fingerprint density at radius 3 is 2.58 bits per heavy atom. The molecule has 0 saturated carbocycles. The quantitative estimate of drug-likeness (QED) is 0.792. The van der Waals surface area contributed by atoms with Gasteiger partial charge in [0.1, 0.15) is 23.3 Å². The number of hydrogen-bond acceptors (Lipinski definition) is 5. The molecule has 7 heteroatoms. The Morgan fingerprint density at radius 2 is 1.96 bits per heavy atom. The topological polar surface area (TPSA) is 65.1 Å². The molecule has 132 valence electrons. The molecule has 1 heterocycles. The molecule has 1 fully saturated rings. The molecule has 0 unspecified atom stereocenters. The van der Waals surface area contributed by atoms with Crippen LogP contribution in [0.1, 0.15) is 37.6 Å². The Kier molecular flexibility index (Phi) is 5.31. The zero-order valence-electron chi connectivity index (χ0n) is 14.3. The molecule has 1 aliphatic rings. The molecule has 1 aliphatic heterocycles. The highest BCUT2D eigenvalue weighted by atomic mass is 19.1. The van der Waals surface area contributed by atoms with Crippen LogP contribution in [0.15, 0.2) is 18.2 Å². The molecule has 1 saturated heterocycles. The average Bonchev–Trinajstić information content (AvgIpc) is 2.92. The zero-order valence-corrected chi connectivity index (χ0v) is 14.3. The summed E-state index contributed by atoms with van der Waals surface area (Å²) >= 11 is 0. The number of halogens is 1. The predicted octanol–water partition coefficient (Wildman–Crippen LogP) is 3.00. The second kappa shape index (κ2) is 7.07. The van der Waals surface area contributed by atoms with Crippen molar-refractivity contribution < 1.29 is 28.2 Å². The van der Waals surface area contributed by atoms with Gasteiger partial charge in [-0.15, -0.1) is 0 Å². The van der Waals surface area contributed by atoms with Crippen molar-refractivity contribution in [3.63, 3.8) is 0 Å². The Hall–Kier alpha value is -2.31. The summed E-state index contributed by atoms with van der Waals surface area (Å²) in [6.45, 7) is 6.25. The van der Waals surface area contributed by atoms with Gasteiger partial charge >= 0.3 is 12.1 Å². The summed E-state index contributed by atoms with van der Waals surface area (Å²) in [5.41, 5.74) is -0.483. The lowest BCUT2D eigenvalue weighted by atomic mass is 10.2. The van der Waals surface area contributed by atoms with Crippen LogP contribution in [0.2, 0.25) is 0 Å². The molecule has 0 aliphatic carbocycles. The molecule has 0 spiro atoms. The van der Waals surface area contributed by atoms with Crippen molar-refractivity contribution in [3.8, 4) is 5.75 Å². The number of amides is 1. The second-order valence-corrected chi connectivity index (χ2v) is 6.62. The number of carbonyl (C=O) groups excluding carboxylic acids is 2. The molecule has 0 bridgehead atoms. The summed E-state index contributed by atoms with van der Waals surface area (Å²) in [5.74, 6) is -0.998. The first-order chi connectivity index (χ1) is 11.2. The summed E-state index contributed by atoms with van der Waals surface area (Å²) < 4.78 is 29.2. The summed E-state index contributed by atoms with van der Waals surface area (Å²) in [5, 5.41) is 0. The van der Waals surface area contributed by atoms with Gasteiger partial charge in [0.2, 0.25) is 0 Å². The lowest BCUT2D eigenvalue weighted by Crippen LogP contribution is -2.36. The van der Waals surface area contributed by atoms with Crippen molar-refractivity contribution >= 4 is 12.1 Å². The predicted molar refractivity (Wildman–Crippen MR) is 84.6 cm³/mol. The van der Waals surface area contributed by atoms with E-state index in [1.54, 1.807) is 25.7 Å². The van der Waals surface area contributed by atoms with Gasteiger partial charge < -0.3 is 19.1 Å². The van der Waals surface area contributed by atoms with Crippen molar-refractivity contribution in [2.75, 3.05) is 20.2 Å². The van der Waals surface area contributed by atoms with Gasteiger partial charge in [-0.1, -0.05) is 0 Å². The van der Waals surface area contributed by atoms with Gasteiger partial charge in [0.05, 0.1) is 19.2 Å². The minimum atomic E-state index is -0.638. The molecule has 0 radical (unpaired) electrons. The average molecular weight is 339 g/mol. The molecule has 1 aromatic rings. The van der Waals surface area contributed by atoms with Crippen LogP contribution in [0, 0.1) is 5.82 Å². The number of benzene rings is 1. The van der Waals surface area contributed by atoms with Gasteiger partial charge in [0.15, 0.2) is 0 Å². The maximum atomic E-state index is 13.6. The van der Waals surface area contributed by atoms with Gasteiger partial charge in [-0.05, 0) is 32.9 Å². The Bertz CT molecular complexity index is 626. The van der Waals surface area contributed by atoms with Crippen LogP contribution in [-0.2, 0) is 9.47 Å². The fourth-order valence-corrected chi connectivity index (χ4v) is 2.38. The van der Waals surface area contributed by atoms with E-state index in [1.807, 2.05) is 0 Å². The van der Waals surface area contributed by atoms with E-state index in [-0.39, 0.29) is 17.4 Å². The molecule has 24 heavy (non-hydrogen) atoms. The van der Waals surface area contributed by atoms with Crippen LogP contribution in [0.4, 0.5) is 9.18 Å². The third-order valence-corrected chi connectivity index (χ3v) is 3.39. The molecule has 0 N–H and O–H groups in total.